The molecule has 3 atom stereocenters. The van der Waals surface area contributed by atoms with Gasteiger partial charge in [0.25, 0.3) is 0 Å². The number of rotatable bonds is 3. The van der Waals surface area contributed by atoms with E-state index in [0.29, 0.717) is 24.7 Å². The Morgan fingerprint density at radius 3 is 2.85 bits per heavy atom. The van der Waals surface area contributed by atoms with Crippen molar-refractivity contribution in [2.45, 2.75) is 57.0 Å². The Hall–Kier alpha value is -1.43. The first-order valence-electron chi connectivity index (χ1n) is 7.31. The van der Waals surface area contributed by atoms with Crippen molar-refractivity contribution in [2.75, 3.05) is 6.61 Å². The van der Waals surface area contributed by atoms with Crippen molar-refractivity contribution in [1.82, 2.24) is 10.1 Å². The maximum atomic E-state index is 11.3. The lowest BCUT2D eigenvalue weighted by atomic mass is 9.79. The molecule has 0 bridgehead atoms. The largest absolute Gasteiger partial charge is 0.481 e. The minimum absolute atomic E-state index is 0.160. The molecule has 1 saturated heterocycles. The summed E-state index contributed by atoms with van der Waals surface area (Å²) in [7, 11) is 0. The maximum absolute atomic E-state index is 11.3. The average Bonchev–Trinajstić information content (AvgIpc) is 3.08. The highest BCUT2D eigenvalue weighted by Gasteiger charge is 2.40. The Balaban J connectivity index is 1.83. The molecule has 1 aliphatic heterocycles. The van der Waals surface area contributed by atoms with E-state index in [1.807, 2.05) is 6.92 Å². The summed E-state index contributed by atoms with van der Waals surface area (Å²) in [6.07, 6.45) is 5.32. The zero-order valence-corrected chi connectivity index (χ0v) is 11.7. The van der Waals surface area contributed by atoms with Gasteiger partial charge in [-0.15, -0.1) is 0 Å². The highest BCUT2D eigenvalue weighted by molar-refractivity contribution is 5.71. The van der Waals surface area contributed by atoms with E-state index in [0.717, 1.165) is 32.1 Å². The van der Waals surface area contributed by atoms with E-state index in [1.165, 1.54) is 0 Å². The van der Waals surface area contributed by atoms with Gasteiger partial charge in [0.15, 0.2) is 0 Å². The average molecular weight is 280 g/mol. The molecule has 1 aromatic rings. The number of aromatic nitrogens is 2. The van der Waals surface area contributed by atoms with Gasteiger partial charge in [-0.1, -0.05) is 18.0 Å². The second-order valence-corrected chi connectivity index (χ2v) is 5.97. The molecule has 0 spiro atoms. The number of ether oxygens (including phenoxy) is 1. The van der Waals surface area contributed by atoms with Crippen LogP contribution in [0.5, 0.6) is 0 Å². The van der Waals surface area contributed by atoms with Crippen LogP contribution >= 0.6 is 0 Å². The molecule has 2 fully saturated rings. The third kappa shape index (κ3) is 2.32. The van der Waals surface area contributed by atoms with Crippen LogP contribution in [0, 0.1) is 5.92 Å². The van der Waals surface area contributed by atoms with Gasteiger partial charge in [0.05, 0.1) is 11.8 Å². The molecular formula is C14H20N2O4. The van der Waals surface area contributed by atoms with Gasteiger partial charge in [-0.05, 0) is 32.6 Å². The van der Waals surface area contributed by atoms with Crippen molar-refractivity contribution in [3.63, 3.8) is 0 Å². The molecule has 6 heteroatoms. The lowest BCUT2D eigenvalue weighted by Gasteiger charge is -2.25. The minimum Gasteiger partial charge on any atom is -0.481 e. The molecule has 1 saturated carbocycles. The van der Waals surface area contributed by atoms with E-state index < -0.39 is 17.5 Å². The third-order valence-electron chi connectivity index (χ3n) is 4.53. The second-order valence-electron chi connectivity index (χ2n) is 5.97. The summed E-state index contributed by atoms with van der Waals surface area (Å²) >= 11 is 0. The summed E-state index contributed by atoms with van der Waals surface area (Å²) in [6.45, 7) is 2.67. The zero-order chi connectivity index (χ0) is 14.2. The Kier molecular flexibility index (Phi) is 3.50. The number of nitrogens with zero attached hydrogens (tertiary/aromatic N) is 2. The predicted octanol–water partition coefficient (Wildman–Crippen LogP) is 2.45. The molecule has 2 heterocycles. The number of hydrogen-bond donors (Lipinski definition) is 1. The molecule has 0 aromatic carbocycles. The van der Waals surface area contributed by atoms with E-state index in [-0.39, 0.29) is 5.92 Å². The standard InChI is InChI=1S/C14H20N2O4/c1-14(7-4-8-19-14)13-15-11(20-16-13)9-5-2-3-6-10(9)12(17)18/h9-10H,2-8H2,1H3,(H,17,18). The van der Waals surface area contributed by atoms with Crippen LogP contribution in [-0.2, 0) is 15.1 Å². The molecule has 0 radical (unpaired) electrons. The molecule has 1 N–H and O–H groups in total. The number of hydrogen-bond acceptors (Lipinski definition) is 5. The first-order valence-corrected chi connectivity index (χ1v) is 7.31. The van der Waals surface area contributed by atoms with Crippen molar-refractivity contribution in [2.24, 2.45) is 5.92 Å². The Bertz CT molecular complexity index is 493. The van der Waals surface area contributed by atoms with Crippen LogP contribution in [0.2, 0.25) is 0 Å². The molecule has 6 nitrogen and oxygen atoms in total. The summed E-state index contributed by atoms with van der Waals surface area (Å²) in [5, 5.41) is 13.4. The monoisotopic (exact) mass is 280 g/mol. The van der Waals surface area contributed by atoms with Crippen molar-refractivity contribution in [3.05, 3.63) is 11.7 Å². The lowest BCUT2D eigenvalue weighted by molar-refractivity contribution is -0.143. The molecular weight excluding hydrogens is 260 g/mol. The molecule has 3 unspecified atom stereocenters. The molecule has 20 heavy (non-hydrogen) atoms. The zero-order valence-electron chi connectivity index (χ0n) is 11.7. The van der Waals surface area contributed by atoms with Gasteiger partial charge < -0.3 is 14.4 Å². The van der Waals surface area contributed by atoms with E-state index >= 15 is 0 Å². The number of aliphatic carboxylic acids is 1. The highest BCUT2D eigenvalue weighted by atomic mass is 16.5. The number of carboxylic acid groups (broad SMARTS) is 1. The fraction of sp³-hybridized carbons (Fsp3) is 0.786. The Labute approximate surface area is 117 Å². The molecule has 1 aromatic heterocycles. The van der Waals surface area contributed by atoms with Gasteiger partial charge in [0, 0.05) is 6.61 Å². The van der Waals surface area contributed by atoms with Crippen LogP contribution in [0.3, 0.4) is 0 Å². The molecule has 0 amide bonds. The van der Waals surface area contributed by atoms with Crippen molar-refractivity contribution >= 4 is 5.97 Å². The van der Waals surface area contributed by atoms with E-state index in [2.05, 4.69) is 10.1 Å². The Morgan fingerprint density at radius 1 is 1.35 bits per heavy atom. The van der Waals surface area contributed by atoms with Gasteiger partial charge in [0.1, 0.15) is 5.60 Å². The maximum Gasteiger partial charge on any atom is 0.307 e. The predicted molar refractivity (Wildman–Crippen MR) is 69.2 cm³/mol. The highest BCUT2D eigenvalue weighted by Crippen LogP contribution is 2.39. The summed E-state index contributed by atoms with van der Waals surface area (Å²) in [4.78, 5) is 15.8. The van der Waals surface area contributed by atoms with Crippen LogP contribution in [-0.4, -0.2) is 27.8 Å². The summed E-state index contributed by atoms with van der Waals surface area (Å²) in [5.41, 5.74) is -0.477. The first-order chi connectivity index (χ1) is 9.60. The van der Waals surface area contributed by atoms with Crippen LogP contribution in [0.4, 0.5) is 0 Å². The summed E-state index contributed by atoms with van der Waals surface area (Å²) in [5.74, 6) is -0.317. The molecule has 110 valence electrons. The van der Waals surface area contributed by atoms with Crippen LogP contribution in [0.15, 0.2) is 4.52 Å². The van der Waals surface area contributed by atoms with Crippen LogP contribution < -0.4 is 0 Å². The van der Waals surface area contributed by atoms with Gasteiger partial charge in [-0.2, -0.15) is 4.98 Å². The lowest BCUT2D eigenvalue weighted by Crippen LogP contribution is -2.26. The SMILES string of the molecule is CC1(c2noc(C3CCCCC3C(=O)O)n2)CCCO1. The van der Waals surface area contributed by atoms with Crippen molar-refractivity contribution in [3.8, 4) is 0 Å². The topological polar surface area (TPSA) is 85.5 Å². The van der Waals surface area contributed by atoms with Crippen LogP contribution in [0.1, 0.15) is 63.1 Å². The van der Waals surface area contributed by atoms with Gasteiger partial charge in [0.2, 0.25) is 11.7 Å². The molecule has 2 aliphatic rings. The number of carbonyl (C=O) groups is 1. The normalized spacial score (nSPS) is 34.2. The summed E-state index contributed by atoms with van der Waals surface area (Å²) in [6, 6.07) is 0. The van der Waals surface area contributed by atoms with Crippen molar-refractivity contribution < 1.29 is 19.2 Å². The van der Waals surface area contributed by atoms with E-state index in [9.17, 15) is 9.90 Å². The summed E-state index contributed by atoms with van der Waals surface area (Å²) < 4.78 is 11.1. The Morgan fingerprint density at radius 2 is 2.15 bits per heavy atom. The van der Waals surface area contributed by atoms with Gasteiger partial charge in [-0.3, -0.25) is 4.79 Å². The first kappa shape index (κ1) is 13.5. The molecule has 3 rings (SSSR count). The van der Waals surface area contributed by atoms with Crippen LogP contribution in [0.25, 0.3) is 0 Å². The van der Waals surface area contributed by atoms with Gasteiger partial charge in [-0.25, -0.2) is 0 Å². The minimum atomic E-state index is -0.766. The van der Waals surface area contributed by atoms with Gasteiger partial charge >= 0.3 is 5.97 Å². The third-order valence-corrected chi connectivity index (χ3v) is 4.53. The number of carboxylic acids is 1. The fourth-order valence-corrected chi connectivity index (χ4v) is 3.28. The fourth-order valence-electron chi connectivity index (χ4n) is 3.28. The van der Waals surface area contributed by atoms with E-state index in [4.69, 9.17) is 9.26 Å². The molecule has 1 aliphatic carbocycles. The van der Waals surface area contributed by atoms with E-state index in [1.54, 1.807) is 0 Å². The smallest absolute Gasteiger partial charge is 0.307 e. The van der Waals surface area contributed by atoms with Crippen molar-refractivity contribution in [1.29, 1.82) is 0 Å². The second kappa shape index (κ2) is 5.16. The quantitative estimate of drug-likeness (QED) is 0.915.